The van der Waals surface area contributed by atoms with Gasteiger partial charge in [0, 0.05) is 0 Å². The molecule has 76 valence electrons. The van der Waals surface area contributed by atoms with Gasteiger partial charge in [-0.1, -0.05) is 0 Å². The lowest BCUT2D eigenvalue weighted by Crippen LogP contribution is -2.43. The van der Waals surface area contributed by atoms with E-state index in [0.29, 0.717) is 19.8 Å². The molecule has 1 aliphatic rings. The third kappa shape index (κ3) is 2.76. The maximum absolute atomic E-state index is 11.2. The van der Waals surface area contributed by atoms with Crippen LogP contribution in [0.2, 0.25) is 0 Å². The molecule has 0 aliphatic carbocycles. The summed E-state index contributed by atoms with van der Waals surface area (Å²) < 4.78 is 10.5. The molecular formula is C9H16O4. The summed E-state index contributed by atoms with van der Waals surface area (Å²) in [6.07, 6.45) is -0.963. The fourth-order valence-corrected chi connectivity index (χ4v) is 1.63. The minimum Gasteiger partial charge on any atom is -0.393 e. The minimum absolute atomic E-state index is 0.0505. The molecule has 0 saturated carbocycles. The van der Waals surface area contributed by atoms with E-state index in [2.05, 4.69) is 0 Å². The SMILES string of the molecule is CC(=O)C(C(C)O)C1COCCO1. The Morgan fingerprint density at radius 1 is 1.54 bits per heavy atom. The van der Waals surface area contributed by atoms with Gasteiger partial charge in [0.15, 0.2) is 0 Å². The molecule has 13 heavy (non-hydrogen) atoms. The van der Waals surface area contributed by atoms with Gasteiger partial charge in [-0.15, -0.1) is 0 Å². The number of carbonyl (C=O) groups excluding carboxylic acids is 1. The normalized spacial score (nSPS) is 28.1. The van der Waals surface area contributed by atoms with Crippen LogP contribution in [0.5, 0.6) is 0 Å². The summed E-state index contributed by atoms with van der Waals surface area (Å²) in [6.45, 7) is 4.54. The largest absolute Gasteiger partial charge is 0.393 e. The Morgan fingerprint density at radius 3 is 2.62 bits per heavy atom. The lowest BCUT2D eigenvalue weighted by molar-refractivity contribution is -0.149. The molecule has 3 atom stereocenters. The van der Waals surface area contributed by atoms with Gasteiger partial charge in [-0.2, -0.15) is 0 Å². The summed E-state index contributed by atoms with van der Waals surface area (Å²) >= 11 is 0. The molecule has 1 rings (SSSR count). The van der Waals surface area contributed by atoms with Crippen LogP contribution in [0.25, 0.3) is 0 Å². The highest BCUT2D eigenvalue weighted by Crippen LogP contribution is 2.17. The number of carbonyl (C=O) groups is 1. The Balaban J connectivity index is 2.57. The van der Waals surface area contributed by atoms with Crippen molar-refractivity contribution in [3.05, 3.63) is 0 Å². The first-order valence-corrected chi connectivity index (χ1v) is 4.50. The molecule has 1 fully saturated rings. The van der Waals surface area contributed by atoms with E-state index in [4.69, 9.17) is 9.47 Å². The molecule has 0 aromatic rings. The van der Waals surface area contributed by atoms with Crippen LogP contribution >= 0.6 is 0 Å². The molecule has 0 aromatic carbocycles. The molecule has 0 radical (unpaired) electrons. The highest BCUT2D eigenvalue weighted by Gasteiger charge is 2.32. The van der Waals surface area contributed by atoms with E-state index in [-0.39, 0.29) is 11.9 Å². The van der Waals surface area contributed by atoms with Crippen molar-refractivity contribution in [3.63, 3.8) is 0 Å². The van der Waals surface area contributed by atoms with Gasteiger partial charge in [-0.05, 0) is 13.8 Å². The fraction of sp³-hybridized carbons (Fsp3) is 0.889. The van der Waals surface area contributed by atoms with Crippen molar-refractivity contribution < 1.29 is 19.4 Å². The molecule has 4 heteroatoms. The Labute approximate surface area is 77.8 Å². The van der Waals surface area contributed by atoms with E-state index in [9.17, 15) is 9.90 Å². The van der Waals surface area contributed by atoms with Crippen molar-refractivity contribution in [2.75, 3.05) is 19.8 Å². The van der Waals surface area contributed by atoms with Crippen molar-refractivity contribution in [1.29, 1.82) is 0 Å². The zero-order valence-corrected chi connectivity index (χ0v) is 8.03. The molecular weight excluding hydrogens is 172 g/mol. The molecule has 4 nitrogen and oxygen atoms in total. The molecule has 3 unspecified atom stereocenters. The molecule has 1 saturated heterocycles. The van der Waals surface area contributed by atoms with Crippen LogP contribution in [-0.2, 0) is 14.3 Å². The standard InChI is InChI=1S/C9H16O4/c1-6(10)9(7(2)11)8-5-12-3-4-13-8/h6,8-10H,3-5H2,1-2H3. The summed E-state index contributed by atoms with van der Waals surface area (Å²) in [5.74, 6) is -0.509. The van der Waals surface area contributed by atoms with Crippen LogP contribution in [0.4, 0.5) is 0 Å². The predicted octanol–water partition coefficient (Wildman–Crippen LogP) is -0.0122. The number of aliphatic hydroxyl groups is 1. The third-order valence-electron chi connectivity index (χ3n) is 2.23. The van der Waals surface area contributed by atoms with E-state index in [1.54, 1.807) is 6.92 Å². The third-order valence-corrected chi connectivity index (χ3v) is 2.23. The quantitative estimate of drug-likeness (QED) is 0.676. The van der Waals surface area contributed by atoms with Gasteiger partial charge >= 0.3 is 0 Å². The molecule has 0 amide bonds. The van der Waals surface area contributed by atoms with Crippen molar-refractivity contribution in [3.8, 4) is 0 Å². The molecule has 1 heterocycles. The zero-order valence-electron chi connectivity index (χ0n) is 8.03. The summed E-state index contributed by atoms with van der Waals surface area (Å²) in [6, 6.07) is 0. The van der Waals surface area contributed by atoms with Crippen LogP contribution in [0.3, 0.4) is 0 Å². The molecule has 1 N–H and O–H groups in total. The molecule has 0 aromatic heterocycles. The first-order valence-electron chi connectivity index (χ1n) is 4.50. The Morgan fingerprint density at radius 2 is 2.23 bits per heavy atom. The van der Waals surface area contributed by atoms with Gasteiger partial charge in [-0.25, -0.2) is 0 Å². The number of ether oxygens (including phenoxy) is 2. The average molecular weight is 188 g/mol. The topological polar surface area (TPSA) is 55.8 Å². The van der Waals surface area contributed by atoms with Crippen LogP contribution in [0, 0.1) is 5.92 Å². The maximum Gasteiger partial charge on any atom is 0.138 e. The Hall–Kier alpha value is -0.450. The number of Topliss-reactive ketones (excluding diaryl/α,β-unsaturated/α-hetero) is 1. The van der Waals surface area contributed by atoms with Gasteiger partial charge in [-0.3, -0.25) is 4.79 Å². The molecule has 0 bridgehead atoms. The first-order chi connectivity index (χ1) is 6.13. The maximum atomic E-state index is 11.2. The highest BCUT2D eigenvalue weighted by molar-refractivity contribution is 5.79. The van der Waals surface area contributed by atoms with Gasteiger partial charge in [0.25, 0.3) is 0 Å². The van der Waals surface area contributed by atoms with E-state index < -0.39 is 12.0 Å². The van der Waals surface area contributed by atoms with Crippen LogP contribution in [0.15, 0.2) is 0 Å². The van der Waals surface area contributed by atoms with Crippen molar-refractivity contribution in [2.45, 2.75) is 26.1 Å². The van der Waals surface area contributed by atoms with E-state index in [1.165, 1.54) is 6.92 Å². The van der Waals surface area contributed by atoms with Crippen molar-refractivity contribution in [1.82, 2.24) is 0 Å². The smallest absolute Gasteiger partial charge is 0.138 e. The highest BCUT2D eigenvalue weighted by atomic mass is 16.6. The van der Waals surface area contributed by atoms with E-state index in [1.807, 2.05) is 0 Å². The summed E-state index contributed by atoms with van der Waals surface area (Å²) in [4.78, 5) is 11.2. The Kier molecular flexibility index (Phi) is 3.84. The predicted molar refractivity (Wildman–Crippen MR) is 46.4 cm³/mol. The lowest BCUT2D eigenvalue weighted by Gasteiger charge is -2.30. The van der Waals surface area contributed by atoms with Gasteiger partial charge < -0.3 is 14.6 Å². The summed E-state index contributed by atoms with van der Waals surface area (Å²) in [5.41, 5.74) is 0. The second kappa shape index (κ2) is 4.69. The van der Waals surface area contributed by atoms with Gasteiger partial charge in [0.2, 0.25) is 0 Å². The average Bonchev–Trinajstić information content (AvgIpc) is 2.04. The van der Waals surface area contributed by atoms with Gasteiger partial charge in [0.05, 0.1) is 37.9 Å². The number of ketones is 1. The van der Waals surface area contributed by atoms with Crippen molar-refractivity contribution >= 4 is 5.78 Å². The number of hydrogen-bond acceptors (Lipinski definition) is 4. The van der Waals surface area contributed by atoms with Crippen LogP contribution < -0.4 is 0 Å². The second-order valence-corrected chi connectivity index (χ2v) is 3.36. The van der Waals surface area contributed by atoms with Gasteiger partial charge in [0.1, 0.15) is 5.78 Å². The lowest BCUT2D eigenvalue weighted by atomic mass is 9.93. The van der Waals surface area contributed by atoms with E-state index >= 15 is 0 Å². The number of rotatable bonds is 3. The monoisotopic (exact) mass is 188 g/mol. The summed E-state index contributed by atoms with van der Waals surface area (Å²) in [5, 5.41) is 9.38. The fourth-order valence-electron chi connectivity index (χ4n) is 1.63. The van der Waals surface area contributed by atoms with Crippen LogP contribution in [-0.4, -0.2) is 42.9 Å². The Bertz CT molecular complexity index is 172. The zero-order chi connectivity index (χ0) is 9.84. The number of hydrogen-bond donors (Lipinski definition) is 1. The number of aliphatic hydroxyl groups excluding tert-OH is 1. The first kappa shape index (κ1) is 10.6. The van der Waals surface area contributed by atoms with Crippen molar-refractivity contribution in [2.24, 2.45) is 5.92 Å². The second-order valence-electron chi connectivity index (χ2n) is 3.36. The molecule has 1 aliphatic heterocycles. The summed E-state index contributed by atoms with van der Waals surface area (Å²) in [7, 11) is 0. The van der Waals surface area contributed by atoms with E-state index in [0.717, 1.165) is 0 Å². The minimum atomic E-state index is -0.677. The molecule has 0 spiro atoms. The van der Waals surface area contributed by atoms with Crippen LogP contribution in [0.1, 0.15) is 13.8 Å².